The molecule has 4 rings (SSSR count). The number of aromatic hydroxyl groups is 1. The van der Waals surface area contributed by atoms with E-state index in [0.717, 1.165) is 0 Å². The van der Waals surface area contributed by atoms with E-state index >= 15 is 0 Å². The lowest BCUT2D eigenvalue weighted by atomic mass is 9.95. The number of halogens is 2. The summed E-state index contributed by atoms with van der Waals surface area (Å²) in [6.45, 7) is 0. The summed E-state index contributed by atoms with van der Waals surface area (Å²) < 4.78 is 10.5. The van der Waals surface area contributed by atoms with Gasteiger partial charge in [0, 0.05) is 17.3 Å². The van der Waals surface area contributed by atoms with Gasteiger partial charge in [-0.2, -0.15) is 0 Å². The van der Waals surface area contributed by atoms with Gasteiger partial charge in [0.25, 0.3) is 11.7 Å². The van der Waals surface area contributed by atoms with Gasteiger partial charge in [0.05, 0.1) is 35.9 Å². The second kappa shape index (κ2) is 9.29. The summed E-state index contributed by atoms with van der Waals surface area (Å²) in [4.78, 5) is 27.7. The molecule has 2 N–H and O–H groups in total. The van der Waals surface area contributed by atoms with Gasteiger partial charge in [-0.3, -0.25) is 14.5 Å². The van der Waals surface area contributed by atoms with E-state index < -0.39 is 23.5 Å². The molecule has 7 nitrogen and oxygen atoms in total. The number of phenols is 1. The maximum absolute atomic E-state index is 13.2. The smallest absolute Gasteiger partial charge is 0.300 e. The number of hydrogen-bond donors (Lipinski definition) is 2. The number of Topliss-reactive ketones (excluding diaryl/α,β-unsaturated/α-hetero) is 1. The minimum absolute atomic E-state index is 0.0295. The number of carbonyl (C=O) groups is 2. The Labute approximate surface area is 205 Å². The highest BCUT2D eigenvalue weighted by molar-refractivity contribution is 6.51. The molecule has 1 aliphatic heterocycles. The molecule has 1 atom stereocenters. The minimum atomic E-state index is -1.04. The second-order valence-electron chi connectivity index (χ2n) is 7.43. The van der Waals surface area contributed by atoms with Gasteiger partial charge in [0.1, 0.15) is 23.0 Å². The largest absolute Gasteiger partial charge is 0.507 e. The Morgan fingerprint density at radius 1 is 0.941 bits per heavy atom. The predicted octanol–water partition coefficient (Wildman–Crippen LogP) is 5.34. The van der Waals surface area contributed by atoms with E-state index in [1.165, 1.54) is 55.5 Å². The first kappa shape index (κ1) is 23.5. The summed E-state index contributed by atoms with van der Waals surface area (Å²) in [6.07, 6.45) is 0. The topological polar surface area (TPSA) is 96.3 Å². The van der Waals surface area contributed by atoms with Crippen molar-refractivity contribution in [1.29, 1.82) is 0 Å². The van der Waals surface area contributed by atoms with Crippen LogP contribution in [0, 0.1) is 0 Å². The van der Waals surface area contributed by atoms with E-state index in [0.29, 0.717) is 22.0 Å². The van der Waals surface area contributed by atoms with E-state index in [9.17, 15) is 19.8 Å². The van der Waals surface area contributed by atoms with Crippen LogP contribution >= 0.6 is 23.2 Å². The fraction of sp³-hybridized carbons (Fsp3) is 0.120. The van der Waals surface area contributed by atoms with Crippen LogP contribution in [-0.4, -0.2) is 36.1 Å². The Balaban J connectivity index is 1.97. The first-order valence-electron chi connectivity index (χ1n) is 10.0. The summed E-state index contributed by atoms with van der Waals surface area (Å²) in [5, 5.41) is 21.5. The summed E-state index contributed by atoms with van der Waals surface area (Å²) in [7, 11) is 2.91. The molecular formula is C25H19Cl2NO6. The Morgan fingerprint density at radius 2 is 1.71 bits per heavy atom. The fourth-order valence-corrected chi connectivity index (χ4v) is 4.21. The monoisotopic (exact) mass is 499 g/mol. The lowest BCUT2D eigenvalue weighted by Crippen LogP contribution is -2.29. The molecule has 0 aliphatic carbocycles. The maximum atomic E-state index is 13.2. The van der Waals surface area contributed by atoms with Gasteiger partial charge in [0.2, 0.25) is 0 Å². The van der Waals surface area contributed by atoms with Gasteiger partial charge in [0.15, 0.2) is 0 Å². The lowest BCUT2D eigenvalue weighted by molar-refractivity contribution is -0.132. The number of anilines is 1. The highest BCUT2D eigenvalue weighted by Crippen LogP contribution is 2.44. The number of nitrogens with zero attached hydrogens (tertiary/aromatic N) is 1. The minimum Gasteiger partial charge on any atom is -0.507 e. The van der Waals surface area contributed by atoms with Crippen molar-refractivity contribution in [3.05, 3.63) is 87.4 Å². The summed E-state index contributed by atoms with van der Waals surface area (Å²) >= 11 is 12.2. The van der Waals surface area contributed by atoms with Crippen molar-refractivity contribution in [2.24, 2.45) is 0 Å². The van der Waals surface area contributed by atoms with Crippen molar-refractivity contribution >= 4 is 46.3 Å². The van der Waals surface area contributed by atoms with Gasteiger partial charge in [-0.25, -0.2) is 0 Å². The highest BCUT2D eigenvalue weighted by atomic mass is 35.5. The molecule has 1 unspecified atom stereocenters. The van der Waals surface area contributed by atoms with Crippen LogP contribution in [0.1, 0.15) is 17.2 Å². The molecule has 174 valence electrons. The lowest BCUT2D eigenvalue weighted by Gasteiger charge is -2.26. The number of hydrogen-bond acceptors (Lipinski definition) is 6. The number of benzene rings is 3. The zero-order chi connectivity index (χ0) is 24.6. The number of carbonyl (C=O) groups excluding carboxylic acids is 2. The van der Waals surface area contributed by atoms with Crippen LogP contribution in [0.25, 0.3) is 5.76 Å². The van der Waals surface area contributed by atoms with Gasteiger partial charge in [-0.15, -0.1) is 0 Å². The van der Waals surface area contributed by atoms with Crippen LogP contribution in [0.4, 0.5) is 5.69 Å². The van der Waals surface area contributed by atoms with Crippen molar-refractivity contribution < 1.29 is 29.3 Å². The first-order valence-corrected chi connectivity index (χ1v) is 10.8. The average molecular weight is 500 g/mol. The van der Waals surface area contributed by atoms with Crippen molar-refractivity contribution in [1.82, 2.24) is 0 Å². The number of aliphatic hydroxyl groups is 1. The molecule has 0 aromatic heterocycles. The molecule has 0 spiro atoms. The second-order valence-corrected chi connectivity index (χ2v) is 8.25. The Hall–Kier alpha value is -3.68. The number of ketones is 1. The quantitative estimate of drug-likeness (QED) is 0.279. The molecule has 3 aromatic carbocycles. The Bertz CT molecular complexity index is 1340. The van der Waals surface area contributed by atoms with Crippen LogP contribution in [0.15, 0.2) is 66.2 Å². The standard InChI is InChI=1S/C25H19Cl2NO6/c1-33-16-5-3-4-15(12-16)28-22(13-7-9-19(29)18(27)10-13)21(24(31)25(28)32)23(30)14-6-8-17(26)20(11-14)34-2/h3-12,22,29-30H,1-2H3/b23-21-. The van der Waals surface area contributed by atoms with Crippen LogP contribution in [0.5, 0.6) is 17.2 Å². The highest BCUT2D eigenvalue weighted by Gasteiger charge is 2.47. The molecular weight excluding hydrogens is 481 g/mol. The van der Waals surface area contributed by atoms with Crippen LogP contribution in [0.3, 0.4) is 0 Å². The van der Waals surface area contributed by atoms with E-state index in [4.69, 9.17) is 32.7 Å². The van der Waals surface area contributed by atoms with Crippen molar-refractivity contribution in [2.45, 2.75) is 6.04 Å². The van der Waals surface area contributed by atoms with Crippen LogP contribution < -0.4 is 14.4 Å². The zero-order valence-corrected chi connectivity index (χ0v) is 19.6. The zero-order valence-electron chi connectivity index (χ0n) is 18.1. The summed E-state index contributed by atoms with van der Waals surface area (Å²) in [5.41, 5.74) is 0.870. The average Bonchev–Trinajstić information content (AvgIpc) is 3.11. The molecule has 0 radical (unpaired) electrons. The van der Waals surface area contributed by atoms with E-state index in [1.807, 2.05) is 0 Å². The van der Waals surface area contributed by atoms with E-state index in [2.05, 4.69) is 0 Å². The molecule has 1 amide bonds. The maximum Gasteiger partial charge on any atom is 0.300 e. The number of phenolic OH excluding ortho intramolecular Hbond substituents is 1. The Morgan fingerprint density at radius 3 is 2.38 bits per heavy atom. The third kappa shape index (κ3) is 4.04. The normalized spacial score (nSPS) is 17.2. The van der Waals surface area contributed by atoms with Gasteiger partial charge in [-0.05, 0) is 48.0 Å². The molecule has 9 heteroatoms. The fourth-order valence-electron chi connectivity index (χ4n) is 3.83. The SMILES string of the molecule is COc1cccc(N2C(=O)C(=O)/C(=C(\O)c3ccc(Cl)c(OC)c3)C2c2ccc(O)c(Cl)c2)c1. The third-order valence-corrected chi connectivity index (χ3v) is 6.10. The van der Waals surface area contributed by atoms with Crippen LogP contribution in [-0.2, 0) is 9.59 Å². The number of aliphatic hydroxyl groups excluding tert-OH is 1. The van der Waals surface area contributed by atoms with Crippen molar-refractivity contribution in [3.8, 4) is 17.2 Å². The number of amides is 1. The molecule has 3 aromatic rings. The van der Waals surface area contributed by atoms with Crippen LogP contribution in [0.2, 0.25) is 10.0 Å². The molecule has 1 heterocycles. The number of rotatable bonds is 5. The molecule has 1 saturated heterocycles. The van der Waals surface area contributed by atoms with Gasteiger partial charge >= 0.3 is 0 Å². The molecule has 1 fully saturated rings. The first-order chi connectivity index (χ1) is 16.3. The predicted molar refractivity (Wildman–Crippen MR) is 129 cm³/mol. The van der Waals surface area contributed by atoms with E-state index in [-0.39, 0.29) is 27.7 Å². The molecule has 0 bridgehead atoms. The Kier molecular flexibility index (Phi) is 6.41. The summed E-state index contributed by atoms with van der Waals surface area (Å²) in [5.74, 6) is -1.53. The molecule has 34 heavy (non-hydrogen) atoms. The van der Waals surface area contributed by atoms with E-state index in [1.54, 1.807) is 24.3 Å². The van der Waals surface area contributed by atoms with Gasteiger partial charge in [-0.1, -0.05) is 35.3 Å². The van der Waals surface area contributed by atoms with Gasteiger partial charge < -0.3 is 19.7 Å². The van der Waals surface area contributed by atoms with Crippen molar-refractivity contribution in [3.63, 3.8) is 0 Å². The van der Waals surface area contributed by atoms with Crippen molar-refractivity contribution in [2.75, 3.05) is 19.1 Å². The number of methoxy groups -OCH3 is 2. The summed E-state index contributed by atoms with van der Waals surface area (Å²) in [6, 6.07) is 14.4. The molecule has 0 saturated carbocycles. The third-order valence-electron chi connectivity index (χ3n) is 5.49. The molecule has 1 aliphatic rings. The number of ether oxygens (including phenoxy) is 2.